The number of phenols is 1. The van der Waals surface area contributed by atoms with Crippen LogP contribution in [0.25, 0.3) is 0 Å². The number of hydrogen-bond acceptors (Lipinski definition) is 4. The SMILES string of the molecule is CC(=O)C(C)Cc1ccc(O)c(N=Nc2ccccc2)c1. The number of benzene rings is 2. The first kappa shape index (κ1) is 14.9. The lowest BCUT2D eigenvalue weighted by atomic mass is 9.97. The molecule has 21 heavy (non-hydrogen) atoms. The van der Waals surface area contributed by atoms with E-state index in [1.165, 1.54) is 0 Å². The summed E-state index contributed by atoms with van der Waals surface area (Å²) in [7, 11) is 0. The summed E-state index contributed by atoms with van der Waals surface area (Å²) in [6.45, 7) is 3.47. The number of carbonyl (C=O) groups is 1. The van der Waals surface area contributed by atoms with Crippen molar-refractivity contribution >= 4 is 17.2 Å². The number of rotatable bonds is 5. The van der Waals surface area contributed by atoms with Crippen LogP contribution in [0, 0.1) is 5.92 Å². The number of aromatic hydroxyl groups is 1. The van der Waals surface area contributed by atoms with Crippen molar-refractivity contribution in [2.75, 3.05) is 0 Å². The number of Topliss-reactive ketones (excluding diaryl/α,β-unsaturated/α-hetero) is 1. The fourth-order valence-corrected chi connectivity index (χ4v) is 1.88. The predicted octanol–water partition coefficient (Wildman–Crippen LogP) is 4.58. The molecule has 2 aromatic carbocycles. The molecule has 0 aromatic heterocycles. The van der Waals surface area contributed by atoms with Gasteiger partial charge in [0.25, 0.3) is 0 Å². The summed E-state index contributed by atoms with van der Waals surface area (Å²) in [5.41, 5.74) is 2.09. The standard InChI is InChI=1S/C17H18N2O2/c1-12(13(2)20)10-14-8-9-17(21)16(11-14)19-18-15-6-4-3-5-7-15/h3-9,11-12,21H,10H2,1-2H3. The molecule has 4 nitrogen and oxygen atoms in total. The van der Waals surface area contributed by atoms with Crippen molar-refractivity contribution in [3.8, 4) is 5.75 Å². The van der Waals surface area contributed by atoms with Crippen LogP contribution in [0.1, 0.15) is 19.4 Å². The molecule has 1 atom stereocenters. The molecule has 0 saturated carbocycles. The molecule has 0 heterocycles. The molecular formula is C17H18N2O2. The van der Waals surface area contributed by atoms with Gasteiger partial charge in [-0.15, -0.1) is 5.11 Å². The molecule has 0 spiro atoms. The van der Waals surface area contributed by atoms with Crippen molar-refractivity contribution in [2.24, 2.45) is 16.1 Å². The third-order valence-electron chi connectivity index (χ3n) is 3.31. The van der Waals surface area contributed by atoms with Crippen LogP contribution in [0.15, 0.2) is 58.8 Å². The molecular weight excluding hydrogens is 264 g/mol. The maximum atomic E-state index is 11.3. The van der Waals surface area contributed by atoms with Crippen LogP contribution in [0.2, 0.25) is 0 Å². The van der Waals surface area contributed by atoms with Gasteiger partial charge in [-0.1, -0.05) is 31.2 Å². The van der Waals surface area contributed by atoms with Gasteiger partial charge in [0.2, 0.25) is 0 Å². The number of ketones is 1. The fourth-order valence-electron chi connectivity index (χ4n) is 1.88. The highest BCUT2D eigenvalue weighted by atomic mass is 16.3. The minimum absolute atomic E-state index is 0.0477. The van der Waals surface area contributed by atoms with Gasteiger partial charge < -0.3 is 5.11 Å². The van der Waals surface area contributed by atoms with E-state index in [9.17, 15) is 9.90 Å². The summed E-state index contributed by atoms with van der Waals surface area (Å²) in [6, 6.07) is 14.5. The molecule has 1 N–H and O–H groups in total. The average Bonchev–Trinajstić information content (AvgIpc) is 2.48. The minimum atomic E-state index is -0.0477. The lowest BCUT2D eigenvalue weighted by Crippen LogP contribution is -2.09. The van der Waals surface area contributed by atoms with Crippen LogP contribution < -0.4 is 0 Å². The summed E-state index contributed by atoms with van der Waals surface area (Å²) in [5.74, 6) is 0.179. The average molecular weight is 282 g/mol. The van der Waals surface area contributed by atoms with E-state index in [-0.39, 0.29) is 17.5 Å². The van der Waals surface area contributed by atoms with Gasteiger partial charge >= 0.3 is 0 Å². The molecule has 0 aliphatic rings. The second-order valence-corrected chi connectivity index (χ2v) is 5.07. The third-order valence-corrected chi connectivity index (χ3v) is 3.31. The highest BCUT2D eigenvalue weighted by Crippen LogP contribution is 2.29. The van der Waals surface area contributed by atoms with Gasteiger partial charge in [-0.3, -0.25) is 4.79 Å². The van der Waals surface area contributed by atoms with E-state index in [1.807, 2.05) is 37.3 Å². The quantitative estimate of drug-likeness (QED) is 0.816. The molecule has 0 bridgehead atoms. The molecule has 4 heteroatoms. The number of azo groups is 1. The second kappa shape index (κ2) is 6.79. The third kappa shape index (κ3) is 4.24. The molecule has 2 rings (SSSR count). The first-order valence-electron chi connectivity index (χ1n) is 6.85. The lowest BCUT2D eigenvalue weighted by molar-refractivity contribution is -0.120. The Labute approximate surface area is 124 Å². The number of carbonyl (C=O) groups excluding carboxylic acids is 1. The van der Waals surface area contributed by atoms with Crippen molar-refractivity contribution in [3.63, 3.8) is 0 Å². The van der Waals surface area contributed by atoms with E-state index >= 15 is 0 Å². The van der Waals surface area contributed by atoms with Crippen LogP contribution in [0.4, 0.5) is 11.4 Å². The summed E-state index contributed by atoms with van der Waals surface area (Å²) in [6.07, 6.45) is 0.628. The van der Waals surface area contributed by atoms with Crippen molar-refractivity contribution < 1.29 is 9.90 Å². The lowest BCUT2D eigenvalue weighted by Gasteiger charge is -2.08. The van der Waals surface area contributed by atoms with Crippen LogP contribution >= 0.6 is 0 Å². The molecule has 1 unspecified atom stereocenters. The number of hydrogen-bond donors (Lipinski definition) is 1. The Hall–Kier alpha value is -2.49. The van der Waals surface area contributed by atoms with E-state index < -0.39 is 0 Å². The fraction of sp³-hybridized carbons (Fsp3) is 0.235. The maximum Gasteiger partial charge on any atom is 0.143 e. The number of nitrogens with zero attached hydrogens (tertiary/aromatic N) is 2. The largest absolute Gasteiger partial charge is 0.506 e. The Morgan fingerprint density at radius 3 is 2.52 bits per heavy atom. The van der Waals surface area contributed by atoms with E-state index in [1.54, 1.807) is 25.1 Å². The van der Waals surface area contributed by atoms with Gasteiger partial charge in [0, 0.05) is 5.92 Å². The van der Waals surface area contributed by atoms with Crippen molar-refractivity contribution in [2.45, 2.75) is 20.3 Å². The Balaban J connectivity index is 2.19. The molecule has 0 aliphatic heterocycles. The van der Waals surface area contributed by atoms with Crippen molar-refractivity contribution in [3.05, 3.63) is 54.1 Å². The molecule has 0 fully saturated rings. The maximum absolute atomic E-state index is 11.3. The molecule has 2 aromatic rings. The van der Waals surface area contributed by atoms with Gasteiger partial charge in [0.15, 0.2) is 0 Å². The summed E-state index contributed by atoms with van der Waals surface area (Å²) < 4.78 is 0. The second-order valence-electron chi connectivity index (χ2n) is 5.07. The van der Waals surface area contributed by atoms with Crippen LogP contribution in [0.5, 0.6) is 5.75 Å². The Morgan fingerprint density at radius 2 is 1.86 bits per heavy atom. The predicted molar refractivity (Wildman–Crippen MR) is 82.3 cm³/mol. The van der Waals surface area contributed by atoms with Crippen molar-refractivity contribution in [1.82, 2.24) is 0 Å². The van der Waals surface area contributed by atoms with Gasteiger partial charge in [-0.25, -0.2) is 0 Å². The highest BCUT2D eigenvalue weighted by Gasteiger charge is 2.10. The Bertz CT molecular complexity index is 651. The van der Waals surface area contributed by atoms with Gasteiger partial charge in [-0.05, 0) is 43.2 Å². The summed E-state index contributed by atoms with van der Waals surface area (Å²) in [4.78, 5) is 11.3. The monoisotopic (exact) mass is 282 g/mol. The molecule has 108 valence electrons. The normalized spacial score (nSPS) is 12.5. The topological polar surface area (TPSA) is 62.0 Å². The summed E-state index contributed by atoms with van der Waals surface area (Å²) in [5, 5.41) is 18.0. The molecule has 0 radical (unpaired) electrons. The number of phenolic OH excluding ortho intramolecular Hbond substituents is 1. The van der Waals surface area contributed by atoms with Gasteiger partial charge in [0.05, 0.1) is 5.69 Å². The highest BCUT2D eigenvalue weighted by molar-refractivity contribution is 5.78. The summed E-state index contributed by atoms with van der Waals surface area (Å²) >= 11 is 0. The molecule has 0 saturated heterocycles. The molecule has 0 amide bonds. The molecule has 0 aliphatic carbocycles. The Kier molecular flexibility index (Phi) is 4.82. The minimum Gasteiger partial charge on any atom is -0.506 e. The van der Waals surface area contributed by atoms with Crippen LogP contribution in [0.3, 0.4) is 0 Å². The van der Waals surface area contributed by atoms with Crippen molar-refractivity contribution in [1.29, 1.82) is 0 Å². The Morgan fingerprint density at radius 1 is 1.14 bits per heavy atom. The first-order chi connectivity index (χ1) is 10.1. The van der Waals surface area contributed by atoms with E-state index in [0.717, 1.165) is 11.3 Å². The van der Waals surface area contributed by atoms with E-state index in [2.05, 4.69) is 10.2 Å². The van der Waals surface area contributed by atoms with E-state index in [4.69, 9.17) is 0 Å². The van der Waals surface area contributed by atoms with Gasteiger partial charge in [0.1, 0.15) is 17.2 Å². The zero-order chi connectivity index (χ0) is 15.2. The zero-order valence-corrected chi connectivity index (χ0v) is 12.2. The van der Waals surface area contributed by atoms with Crippen LogP contribution in [-0.4, -0.2) is 10.9 Å². The van der Waals surface area contributed by atoms with E-state index in [0.29, 0.717) is 12.1 Å². The van der Waals surface area contributed by atoms with Crippen LogP contribution in [-0.2, 0) is 11.2 Å². The first-order valence-corrected chi connectivity index (χ1v) is 6.85. The van der Waals surface area contributed by atoms with Gasteiger partial charge in [-0.2, -0.15) is 5.11 Å². The zero-order valence-electron chi connectivity index (χ0n) is 12.2. The smallest absolute Gasteiger partial charge is 0.143 e.